The van der Waals surface area contributed by atoms with E-state index in [1.807, 2.05) is 19.9 Å². The van der Waals surface area contributed by atoms with E-state index in [-0.39, 0.29) is 25.0 Å². The summed E-state index contributed by atoms with van der Waals surface area (Å²) in [5.74, 6) is -1.23. The molecule has 0 aliphatic rings. The number of benzene rings is 1. The van der Waals surface area contributed by atoms with E-state index in [2.05, 4.69) is 5.32 Å². The van der Waals surface area contributed by atoms with Gasteiger partial charge in [0.05, 0.1) is 24.7 Å². The number of aliphatic carboxylic acids is 1. The molecule has 21 heavy (non-hydrogen) atoms. The van der Waals surface area contributed by atoms with Gasteiger partial charge in [0, 0.05) is 11.7 Å². The second kappa shape index (κ2) is 8.02. The van der Waals surface area contributed by atoms with Crippen LogP contribution in [0, 0.1) is 11.3 Å². The van der Waals surface area contributed by atoms with Gasteiger partial charge in [0.15, 0.2) is 0 Å². The highest BCUT2D eigenvalue weighted by atomic mass is 16.4. The molecule has 1 aromatic carbocycles. The molecule has 6 heteroatoms. The van der Waals surface area contributed by atoms with Gasteiger partial charge >= 0.3 is 5.97 Å². The van der Waals surface area contributed by atoms with Gasteiger partial charge in [0.1, 0.15) is 0 Å². The first-order chi connectivity index (χ1) is 9.96. The van der Waals surface area contributed by atoms with E-state index in [4.69, 9.17) is 10.4 Å². The van der Waals surface area contributed by atoms with E-state index in [0.29, 0.717) is 11.3 Å². The number of hydrogen-bond acceptors (Lipinski definition) is 4. The van der Waals surface area contributed by atoms with Crippen molar-refractivity contribution in [1.82, 2.24) is 4.90 Å². The Balaban J connectivity index is 2.64. The maximum atomic E-state index is 12.0. The van der Waals surface area contributed by atoms with E-state index >= 15 is 0 Å². The highest BCUT2D eigenvalue weighted by Gasteiger charge is 2.18. The summed E-state index contributed by atoms with van der Waals surface area (Å²) in [5, 5.41) is 20.3. The van der Waals surface area contributed by atoms with Crippen molar-refractivity contribution in [2.45, 2.75) is 26.3 Å². The molecule has 1 amide bonds. The smallest absolute Gasteiger partial charge is 0.317 e. The van der Waals surface area contributed by atoms with Crippen molar-refractivity contribution in [3.63, 3.8) is 0 Å². The maximum absolute atomic E-state index is 12.0. The first-order valence-electron chi connectivity index (χ1n) is 6.72. The molecule has 0 aromatic heterocycles. The average molecular weight is 289 g/mol. The zero-order valence-electron chi connectivity index (χ0n) is 12.2. The minimum Gasteiger partial charge on any atom is -0.480 e. The third-order valence-corrected chi connectivity index (χ3v) is 3.20. The van der Waals surface area contributed by atoms with Crippen molar-refractivity contribution in [1.29, 1.82) is 5.26 Å². The van der Waals surface area contributed by atoms with Crippen LogP contribution < -0.4 is 5.32 Å². The fourth-order valence-corrected chi connectivity index (χ4v) is 1.81. The fourth-order valence-electron chi connectivity index (χ4n) is 1.81. The normalized spacial score (nSPS) is 11.7. The van der Waals surface area contributed by atoms with E-state index in [9.17, 15) is 9.59 Å². The van der Waals surface area contributed by atoms with Crippen molar-refractivity contribution in [2.24, 2.45) is 0 Å². The lowest BCUT2D eigenvalue weighted by Gasteiger charge is -2.25. The lowest BCUT2D eigenvalue weighted by molar-refractivity contribution is -0.139. The molecule has 1 rings (SSSR count). The summed E-state index contributed by atoms with van der Waals surface area (Å²) in [4.78, 5) is 24.4. The number of rotatable bonds is 7. The lowest BCUT2D eigenvalue weighted by Crippen LogP contribution is -2.42. The quantitative estimate of drug-likeness (QED) is 0.796. The number of carbonyl (C=O) groups is 2. The molecule has 0 saturated carbocycles. The molecule has 0 aliphatic carbocycles. The zero-order chi connectivity index (χ0) is 15.8. The summed E-state index contributed by atoms with van der Waals surface area (Å²) in [7, 11) is 0. The predicted molar refractivity (Wildman–Crippen MR) is 78.7 cm³/mol. The van der Waals surface area contributed by atoms with E-state index in [1.165, 1.54) is 0 Å². The number of nitrogens with zero attached hydrogens (tertiary/aromatic N) is 2. The molecule has 1 atom stereocenters. The third-order valence-electron chi connectivity index (χ3n) is 3.20. The molecule has 0 radical (unpaired) electrons. The Labute approximate surface area is 124 Å². The van der Waals surface area contributed by atoms with Crippen molar-refractivity contribution in [3.05, 3.63) is 29.8 Å². The Kier molecular flexibility index (Phi) is 6.37. The zero-order valence-corrected chi connectivity index (χ0v) is 12.2. The molecule has 112 valence electrons. The van der Waals surface area contributed by atoms with E-state index < -0.39 is 5.97 Å². The molecule has 0 bridgehead atoms. The molecule has 0 fully saturated rings. The first-order valence-corrected chi connectivity index (χ1v) is 6.72. The van der Waals surface area contributed by atoms with Crippen molar-refractivity contribution < 1.29 is 14.7 Å². The predicted octanol–water partition coefficient (Wildman–Crippen LogP) is 1.68. The summed E-state index contributed by atoms with van der Waals surface area (Å²) < 4.78 is 0. The maximum Gasteiger partial charge on any atom is 0.317 e. The minimum absolute atomic E-state index is 0.00724. The molecule has 6 nitrogen and oxygen atoms in total. The van der Waals surface area contributed by atoms with Gasteiger partial charge in [-0.1, -0.05) is 6.92 Å². The van der Waals surface area contributed by atoms with Crippen LogP contribution in [0.3, 0.4) is 0 Å². The molecule has 2 N–H and O–H groups in total. The van der Waals surface area contributed by atoms with Crippen LogP contribution in [0.4, 0.5) is 5.69 Å². The number of amides is 1. The van der Waals surface area contributed by atoms with Gasteiger partial charge in [-0.15, -0.1) is 0 Å². The van der Waals surface area contributed by atoms with Gasteiger partial charge in [0.25, 0.3) is 0 Å². The average Bonchev–Trinajstić information content (AvgIpc) is 2.46. The van der Waals surface area contributed by atoms with Crippen molar-refractivity contribution in [3.8, 4) is 6.07 Å². The fraction of sp³-hybridized carbons (Fsp3) is 0.400. The summed E-state index contributed by atoms with van der Waals surface area (Å²) in [6.45, 7) is 3.67. The molecule has 0 aliphatic heterocycles. The number of carboxylic acids is 1. The minimum atomic E-state index is -0.957. The number of carboxylic acid groups (broad SMARTS) is 1. The Bertz CT molecular complexity index is 534. The van der Waals surface area contributed by atoms with Crippen LogP contribution in [0.1, 0.15) is 25.8 Å². The van der Waals surface area contributed by atoms with Gasteiger partial charge < -0.3 is 10.4 Å². The second-order valence-electron chi connectivity index (χ2n) is 4.79. The van der Waals surface area contributed by atoms with Crippen LogP contribution in [0.5, 0.6) is 0 Å². The van der Waals surface area contributed by atoms with Crippen LogP contribution in [-0.4, -0.2) is 41.0 Å². The SMILES string of the molecule is CCC(C)N(CC(=O)O)CC(=O)Nc1ccc(C#N)cc1. The molecular weight excluding hydrogens is 270 g/mol. The van der Waals surface area contributed by atoms with E-state index in [1.54, 1.807) is 29.2 Å². The number of nitriles is 1. The molecule has 0 heterocycles. The largest absolute Gasteiger partial charge is 0.480 e. The van der Waals surface area contributed by atoms with Crippen LogP contribution in [0.2, 0.25) is 0 Å². The lowest BCUT2D eigenvalue weighted by atomic mass is 10.2. The Morgan fingerprint density at radius 2 is 1.95 bits per heavy atom. The highest BCUT2D eigenvalue weighted by Crippen LogP contribution is 2.09. The molecule has 0 spiro atoms. The number of anilines is 1. The Hall–Kier alpha value is -2.39. The van der Waals surface area contributed by atoms with Crippen molar-refractivity contribution >= 4 is 17.6 Å². The summed E-state index contributed by atoms with van der Waals surface area (Å²) in [6, 6.07) is 8.51. The topological polar surface area (TPSA) is 93.4 Å². The summed E-state index contributed by atoms with van der Waals surface area (Å²) >= 11 is 0. The highest BCUT2D eigenvalue weighted by molar-refractivity contribution is 5.92. The van der Waals surface area contributed by atoms with Crippen LogP contribution in [0.15, 0.2) is 24.3 Å². The standard InChI is InChI=1S/C15H19N3O3/c1-3-11(2)18(10-15(20)21)9-14(19)17-13-6-4-12(8-16)5-7-13/h4-7,11H,3,9-10H2,1-2H3,(H,17,19)(H,20,21). The van der Waals surface area contributed by atoms with Gasteiger partial charge in [0.2, 0.25) is 5.91 Å². The Morgan fingerprint density at radius 1 is 1.33 bits per heavy atom. The first kappa shape index (κ1) is 16.7. The monoisotopic (exact) mass is 289 g/mol. The van der Waals surface area contributed by atoms with E-state index in [0.717, 1.165) is 6.42 Å². The van der Waals surface area contributed by atoms with Crippen molar-refractivity contribution in [2.75, 3.05) is 18.4 Å². The number of hydrogen-bond donors (Lipinski definition) is 2. The Morgan fingerprint density at radius 3 is 2.43 bits per heavy atom. The summed E-state index contributed by atoms with van der Waals surface area (Å²) in [6.07, 6.45) is 0.761. The van der Waals surface area contributed by atoms with Crippen LogP contribution in [0.25, 0.3) is 0 Å². The molecule has 1 unspecified atom stereocenters. The van der Waals surface area contributed by atoms with Gasteiger partial charge in [-0.05, 0) is 37.6 Å². The van der Waals surface area contributed by atoms with Crippen LogP contribution >= 0.6 is 0 Å². The van der Waals surface area contributed by atoms with Gasteiger partial charge in [-0.25, -0.2) is 0 Å². The molecular formula is C15H19N3O3. The van der Waals surface area contributed by atoms with Crippen LogP contribution in [-0.2, 0) is 9.59 Å². The summed E-state index contributed by atoms with van der Waals surface area (Å²) in [5.41, 5.74) is 1.10. The molecule has 1 aromatic rings. The number of nitrogens with one attached hydrogen (secondary N) is 1. The number of carbonyl (C=O) groups excluding carboxylic acids is 1. The molecule has 0 saturated heterocycles. The van der Waals surface area contributed by atoms with Gasteiger partial charge in [-0.3, -0.25) is 14.5 Å². The third kappa shape index (κ3) is 5.63. The van der Waals surface area contributed by atoms with Gasteiger partial charge in [-0.2, -0.15) is 5.26 Å². The second-order valence-corrected chi connectivity index (χ2v) is 4.79.